The largest absolute Gasteiger partial charge is 0.472 e. The van der Waals surface area contributed by atoms with E-state index in [4.69, 9.17) is 4.42 Å². The number of hydrogen-bond donors (Lipinski definition) is 1. The minimum Gasteiger partial charge on any atom is -0.472 e. The number of hydrogen-bond acceptors (Lipinski definition) is 4. The Morgan fingerprint density at radius 2 is 2.53 bits per heavy atom. The molecule has 1 N–H and O–H groups in total. The van der Waals surface area contributed by atoms with Crippen LogP contribution in [-0.2, 0) is 0 Å². The Hall–Kier alpha value is -1.13. The normalized spacial score (nSPS) is 12.9. The molecule has 0 aliphatic heterocycles. The maximum atomic E-state index is 5.12. The van der Waals surface area contributed by atoms with Gasteiger partial charge >= 0.3 is 0 Å². The van der Waals surface area contributed by atoms with Crippen molar-refractivity contribution in [3.63, 3.8) is 0 Å². The first-order valence-electron chi connectivity index (χ1n) is 5.05. The van der Waals surface area contributed by atoms with Gasteiger partial charge in [-0.15, -0.1) is 11.3 Å². The van der Waals surface area contributed by atoms with Crippen molar-refractivity contribution in [1.29, 1.82) is 0 Å². The van der Waals surface area contributed by atoms with Gasteiger partial charge in [0.2, 0.25) is 0 Å². The van der Waals surface area contributed by atoms with E-state index in [0.717, 1.165) is 18.5 Å². The Morgan fingerprint density at radius 1 is 1.60 bits per heavy atom. The van der Waals surface area contributed by atoms with Gasteiger partial charge < -0.3 is 9.73 Å². The molecule has 1 atom stereocenters. The van der Waals surface area contributed by atoms with Gasteiger partial charge in [0.05, 0.1) is 24.1 Å². The van der Waals surface area contributed by atoms with Gasteiger partial charge in [-0.2, -0.15) is 0 Å². The van der Waals surface area contributed by atoms with E-state index in [1.54, 1.807) is 23.9 Å². The van der Waals surface area contributed by atoms with E-state index in [1.807, 2.05) is 17.8 Å². The molecule has 0 saturated heterocycles. The average Bonchev–Trinajstić information content (AvgIpc) is 2.90. The van der Waals surface area contributed by atoms with Crippen molar-refractivity contribution < 1.29 is 4.42 Å². The quantitative estimate of drug-likeness (QED) is 0.845. The number of nitrogens with zero attached hydrogens (tertiary/aromatic N) is 1. The zero-order valence-electron chi connectivity index (χ0n) is 8.64. The van der Waals surface area contributed by atoms with Crippen LogP contribution in [0.4, 0.5) is 0 Å². The van der Waals surface area contributed by atoms with Crippen molar-refractivity contribution >= 4 is 11.3 Å². The minimum absolute atomic E-state index is 0.219. The molecule has 0 saturated carbocycles. The molecule has 0 aliphatic rings. The maximum absolute atomic E-state index is 5.12. The zero-order valence-corrected chi connectivity index (χ0v) is 9.46. The van der Waals surface area contributed by atoms with E-state index >= 15 is 0 Å². The van der Waals surface area contributed by atoms with Gasteiger partial charge in [0.15, 0.2) is 0 Å². The summed E-state index contributed by atoms with van der Waals surface area (Å²) in [4.78, 5) is 5.34. The lowest BCUT2D eigenvalue weighted by Crippen LogP contribution is -2.21. The highest BCUT2D eigenvalue weighted by Crippen LogP contribution is 2.25. The summed E-state index contributed by atoms with van der Waals surface area (Å²) in [5, 5.41) is 3.48. The molecule has 2 aromatic rings. The first-order chi connectivity index (χ1) is 7.42. The molecule has 0 aliphatic carbocycles. The van der Waals surface area contributed by atoms with Gasteiger partial charge in [0, 0.05) is 16.6 Å². The van der Waals surface area contributed by atoms with Crippen molar-refractivity contribution in [1.82, 2.24) is 10.3 Å². The number of aromatic nitrogens is 1. The van der Waals surface area contributed by atoms with Crippen LogP contribution in [0.2, 0.25) is 0 Å². The van der Waals surface area contributed by atoms with E-state index in [9.17, 15) is 0 Å². The summed E-state index contributed by atoms with van der Waals surface area (Å²) in [6, 6.07) is 2.21. The third-order valence-corrected chi connectivity index (χ3v) is 3.05. The van der Waals surface area contributed by atoms with Crippen LogP contribution in [0.3, 0.4) is 0 Å². The molecular formula is C11H14N2OS. The van der Waals surface area contributed by atoms with Gasteiger partial charge in [-0.1, -0.05) is 6.92 Å². The molecular weight excluding hydrogens is 208 g/mol. The lowest BCUT2D eigenvalue weighted by Gasteiger charge is -2.14. The highest BCUT2D eigenvalue weighted by atomic mass is 32.1. The van der Waals surface area contributed by atoms with Crippen LogP contribution in [0.25, 0.3) is 0 Å². The van der Waals surface area contributed by atoms with Crippen LogP contribution in [0.5, 0.6) is 0 Å². The fourth-order valence-electron chi connectivity index (χ4n) is 1.48. The Kier molecular flexibility index (Phi) is 3.53. The number of furan rings is 1. The Morgan fingerprint density at radius 3 is 3.13 bits per heavy atom. The van der Waals surface area contributed by atoms with Gasteiger partial charge in [-0.25, -0.2) is 0 Å². The predicted octanol–water partition coefficient (Wildman–Crippen LogP) is 2.83. The van der Waals surface area contributed by atoms with Gasteiger partial charge in [0.25, 0.3) is 0 Å². The van der Waals surface area contributed by atoms with Gasteiger partial charge in [-0.3, -0.25) is 4.98 Å². The van der Waals surface area contributed by atoms with E-state index in [2.05, 4.69) is 17.2 Å². The van der Waals surface area contributed by atoms with Crippen molar-refractivity contribution in [2.75, 3.05) is 6.54 Å². The summed E-state index contributed by atoms with van der Waals surface area (Å²) >= 11 is 1.66. The van der Waals surface area contributed by atoms with Crippen molar-refractivity contribution in [2.45, 2.75) is 19.4 Å². The van der Waals surface area contributed by atoms with E-state index < -0.39 is 0 Å². The molecule has 80 valence electrons. The fourth-order valence-corrected chi connectivity index (χ4v) is 2.20. The maximum Gasteiger partial charge on any atom is 0.0954 e. The van der Waals surface area contributed by atoms with Gasteiger partial charge in [-0.05, 0) is 19.0 Å². The lowest BCUT2D eigenvalue weighted by molar-refractivity contribution is 0.550. The monoisotopic (exact) mass is 222 g/mol. The van der Waals surface area contributed by atoms with Crippen LogP contribution in [0.15, 0.2) is 34.7 Å². The minimum atomic E-state index is 0.219. The van der Waals surface area contributed by atoms with E-state index in [0.29, 0.717) is 0 Å². The van der Waals surface area contributed by atoms with Crippen molar-refractivity contribution in [3.8, 4) is 0 Å². The second kappa shape index (κ2) is 5.09. The molecule has 4 heteroatoms. The SMILES string of the molecule is CCCNC(c1ccoc1)c1cncs1. The number of rotatable bonds is 5. The predicted molar refractivity (Wildman–Crippen MR) is 61.0 cm³/mol. The van der Waals surface area contributed by atoms with Crippen molar-refractivity contribution in [3.05, 3.63) is 40.7 Å². The fraction of sp³-hybridized carbons (Fsp3) is 0.364. The van der Waals surface area contributed by atoms with Crippen LogP contribution in [-0.4, -0.2) is 11.5 Å². The van der Waals surface area contributed by atoms with E-state index in [-0.39, 0.29) is 6.04 Å². The van der Waals surface area contributed by atoms with Crippen LogP contribution >= 0.6 is 11.3 Å². The zero-order chi connectivity index (χ0) is 10.5. The molecule has 0 amide bonds. The number of thiazole rings is 1. The molecule has 0 radical (unpaired) electrons. The first-order valence-corrected chi connectivity index (χ1v) is 5.93. The second-order valence-corrected chi connectivity index (χ2v) is 4.27. The highest BCUT2D eigenvalue weighted by molar-refractivity contribution is 7.09. The molecule has 0 bridgehead atoms. The standard InChI is InChI=1S/C11H14N2OS/c1-2-4-13-11(9-3-5-14-7-9)10-6-12-8-15-10/h3,5-8,11,13H,2,4H2,1H3. The first kappa shape index (κ1) is 10.4. The molecule has 0 spiro atoms. The Labute approximate surface area is 93.2 Å². The van der Waals surface area contributed by atoms with Crippen LogP contribution < -0.4 is 5.32 Å². The molecule has 2 rings (SSSR count). The summed E-state index contributed by atoms with van der Waals surface area (Å²) < 4.78 is 5.12. The van der Waals surface area contributed by atoms with E-state index in [1.165, 1.54) is 4.88 Å². The smallest absolute Gasteiger partial charge is 0.0954 e. The molecule has 0 aromatic carbocycles. The van der Waals surface area contributed by atoms with Gasteiger partial charge in [0.1, 0.15) is 0 Å². The summed E-state index contributed by atoms with van der Waals surface area (Å²) in [7, 11) is 0. The van der Waals surface area contributed by atoms with Crippen LogP contribution in [0, 0.1) is 0 Å². The number of nitrogens with one attached hydrogen (secondary N) is 1. The second-order valence-electron chi connectivity index (χ2n) is 3.35. The summed E-state index contributed by atoms with van der Waals surface area (Å²) in [6.45, 7) is 3.15. The molecule has 0 fully saturated rings. The third-order valence-electron chi connectivity index (χ3n) is 2.21. The summed E-state index contributed by atoms with van der Waals surface area (Å²) in [5.41, 5.74) is 3.02. The highest BCUT2D eigenvalue weighted by Gasteiger charge is 2.15. The topological polar surface area (TPSA) is 38.1 Å². The summed E-state index contributed by atoms with van der Waals surface area (Å²) in [6.07, 6.45) is 6.52. The third kappa shape index (κ3) is 2.46. The average molecular weight is 222 g/mol. The molecule has 3 nitrogen and oxygen atoms in total. The molecule has 15 heavy (non-hydrogen) atoms. The molecule has 2 aromatic heterocycles. The lowest BCUT2D eigenvalue weighted by atomic mass is 10.1. The molecule has 1 unspecified atom stereocenters. The molecule has 2 heterocycles. The van der Waals surface area contributed by atoms with Crippen LogP contribution in [0.1, 0.15) is 29.8 Å². The van der Waals surface area contributed by atoms with Crippen molar-refractivity contribution in [2.24, 2.45) is 0 Å². The Bertz CT molecular complexity index is 335. The summed E-state index contributed by atoms with van der Waals surface area (Å²) in [5.74, 6) is 0. The Balaban J connectivity index is 2.17.